The molecule has 1 rings (SSSR count). The SMILES string of the molecule is CCCN(CC(N)=S)Cc1ccccc1CC(=O)OC. The van der Waals surface area contributed by atoms with Crippen molar-refractivity contribution in [3.8, 4) is 0 Å². The van der Waals surface area contributed by atoms with Gasteiger partial charge in [0.25, 0.3) is 0 Å². The Hall–Kier alpha value is -1.46. The van der Waals surface area contributed by atoms with E-state index < -0.39 is 0 Å². The Morgan fingerprint density at radius 3 is 2.55 bits per heavy atom. The van der Waals surface area contributed by atoms with Crippen molar-refractivity contribution in [2.45, 2.75) is 26.3 Å². The zero-order valence-corrected chi connectivity index (χ0v) is 12.9. The van der Waals surface area contributed by atoms with Gasteiger partial charge in [-0.3, -0.25) is 9.69 Å². The smallest absolute Gasteiger partial charge is 0.309 e. The molecule has 0 saturated carbocycles. The molecule has 0 aliphatic heterocycles. The van der Waals surface area contributed by atoms with Crippen molar-refractivity contribution in [1.82, 2.24) is 4.90 Å². The van der Waals surface area contributed by atoms with Crippen LogP contribution in [0.25, 0.3) is 0 Å². The van der Waals surface area contributed by atoms with E-state index in [0.717, 1.165) is 30.6 Å². The molecule has 0 unspecified atom stereocenters. The number of benzene rings is 1. The summed E-state index contributed by atoms with van der Waals surface area (Å²) in [7, 11) is 1.40. The van der Waals surface area contributed by atoms with Crippen molar-refractivity contribution >= 4 is 23.2 Å². The number of ether oxygens (including phenoxy) is 1. The minimum atomic E-state index is -0.228. The third kappa shape index (κ3) is 5.67. The summed E-state index contributed by atoms with van der Waals surface area (Å²) in [5.41, 5.74) is 7.74. The Balaban J connectivity index is 2.82. The summed E-state index contributed by atoms with van der Waals surface area (Å²) >= 11 is 4.99. The number of thiocarbonyl (C=S) groups is 1. The maximum absolute atomic E-state index is 11.4. The largest absolute Gasteiger partial charge is 0.469 e. The molecule has 2 N–H and O–H groups in total. The van der Waals surface area contributed by atoms with Crippen LogP contribution in [0.2, 0.25) is 0 Å². The van der Waals surface area contributed by atoms with E-state index in [1.54, 1.807) is 0 Å². The molecule has 20 heavy (non-hydrogen) atoms. The summed E-state index contributed by atoms with van der Waals surface area (Å²) in [6.45, 7) is 4.37. The molecule has 0 bridgehead atoms. The first-order chi connectivity index (χ1) is 9.56. The number of carbonyl (C=O) groups excluding carboxylic acids is 1. The molecular weight excluding hydrogens is 272 g/mol. The van der Waals surface area contributed by atoms with Gasteiger partial charge in [-0.25, -0.2) is 0 Å². The lowest BCUT2D eigenvalue weighted by Crippen LogP contribution is -2.33. The molecule has 0 spiro atoms. The fraction of sp³-hybridized carbons (Fsp3) is 0.467. The molecule has 4 nitrogen and oxygen atoms in total. The highest BCUT2D eigenvalue weighted by atomic mass is 32.1. The van der Waals surface area contributed by atoms with E-state index in [1.807, 2.05) is 24.3 Å². The van der Waals surface area contributed by atoms with Crippen molar-refractivity contribution < 1.29 is 9.53 Å². The normalized spacial score (nSPS) is 10.6. The van der Waals surface area contributed by atoms with Gasteiger partial charge in [-0.2, -0.15) is 0 Å². The van der Waals surface area contributed by atoms with E-state index in [4.69, 9.17) is 22.7 Å². The van der Waals surface area contributed by atoms with Crippen LogP contribution >= 0.6 is 12.2 Å². The van der Waals surface area contributed by atoms with Gasteiger partial charge >= 0.3 is 5.97 Å². The van der Waals surface area contributed by atoms with Crippen molar-refractivity contribution in [1.29, 1.82) is 0 Å². The number of carbonyl (C=O) groups is 1. The summed E-state index contributed by atoms with van der Waals surface area (Å²) in [5, 5.41) is 0. The van der Waals surface area contributed by atoms with Gasteiger partial charge in [0.2, 0.25) is 0 Å². The second-order valence-electron chi connectivity index (χ2n) is 4.70. The average Bonchev–Trinajstić information content (AvgIpc) is 2.40. The molecule has 5 heteroatoms. The van der Waals surface area contributed by atoms with Gasteiger partial charge in [0.05, 0.1) is 18.5 Å². The number of methoxy groups -OCH3 is 1. The fourth-order valence-corrected chi connectivity index (χ4v) is 2.29. The summed E-state index contributed by atoms with van der Waals surface area (Å²) in [4.78, 5) is 14.1. The summed E-state index contributed by atoms with van der Waals surface area (Å²) in [6.07, 6.45) is 1.32. The topological polar surface area (TPSA) is 55.6 Å². The lowest BCUT2D eigenvalue weighted by Gasteiger charge is -2.22. The van der Waals surface area contributed by atoms with Crippen LogP contribution in [0.3, 0.4) is 0 Å². The highest BCUT2D eigenvalue weighted by Crippen LogP contribution is 2.13. The monoisotopic (exact) mass is 294 g/mol. The lowest BCUT2D eigenvalue weighted by molar-refractivity contribution is -0.139. The molecule has 0 aliphatic carbocycles. The van der Waals surface area contributed by atoms with Crippen LogP contribution in [0.15, 0.2) is 24.3 Å². The van der Waals surface area contributed by atoms with Gasteiger partial charge in [-0.1, -0.05) is 43.4 Å². The number of rotatable bonds is 8. The first kappa shape index (κ1) is 16.6. The van der Waals surface area contributed by atoms with Crippen molar-refractivity contribution in [2.75, 3.05) is 20.2 Å². The number of hydrogen-bond donors (Lipinski definition) is 1. The lowest BCUT2D eigenvalue weighted by atomic mass is 10.0. The highest BCUT2D eigenvalue weighted by molar-refractivity contribution is 7.80. The molecule has 110 valence electrons. The number of nitrogens with zero attached hydrogens (tertiary/aromatic N) is 1. The highest BCUT2D eigenvalue weighted by Gasteiger charge is 2.11. The van der Waals surface area contributed by atoms with Crippen molar-refractivity contribution in [3.05, 3.63) is 35.4 Å². The van der Waals surface area contributed by atoms with Crippen LogP contribution in [0, 0.1) is 0 Å². The summed E-state index contributed by atoms with van der Waals surface area (Å²) in [5.74, 6) is -0.228. The van der Waals surface area contributed by atoms with E-state index in [2.05, 4.69) is 11.8 Å². The van der Waals surface area contributed by atoms with Crippen molar-refractivity contribution in [2.24, 2.45) is 5.73 Å². The van der Waals surface area contributed by atoms with E-state index in [1.165, 1.54) is 7.11 Å². The van der Waals surface area contributed by atoms with Crippen LogP contribution in [0.4, 0.5) is 0 Å². The van der Waals surface area contributed by atoms with Gasteiger partial charge in [0.1, 0.15) is 0 Å². The Kier molecular flexibility index (Phi) is 7.18. The minimum Gasteiger partial charge on any atom is -0.469 e. The van der Waals surface area contributed by atoms with E-state index >= 15 is 0 Å². The molecule has 1 aromatic rings. The summed E-state index contributed by atoms with van der Waals surface area (Å²) < 4.78 is 4.73. The Labute approximate surface area is 125 Å². The van der Waals surface area contributed by atoms with Crippen LogP contribution in [-0.2, 0) is 22.5 Å². The van der Waals surface area contributed by atoms with Gasteiger partial charge in [-0.05, 0) is 24.1 Å². The molecule has 0 fully saturated rings. The van der Waals surface area contributed by atoms with E-state index in [0.29, 0.717) is 18.0 Å². The quantitative estimate of drug-likeness (QED) is 0.586. The standard InChI is InChI=1S/C15H22N2O2S/c1-3-8-17(11-14(16)20)10-13-7-5-4-6-12(13)9-15(18)19-2/h4-7H,3,8-11H2,1-2H3,(H2,16,20). The number of esters is 1. The van der Waals surface area contributed by atoms with E-state index in [-0.39, 0.29) is 5.97 Å². The average molecular weight is 294 g/mol. The number of hydrogen-bond acceptors (Lipinski definition) is 4. The maximum atomic E-state index is 11.4. The van der Waals surface area contributed by atoms with Crippen LogP contribution in [-0.4, -0.2) is 36.1 Å². The molecule has 0 amide bonds. The number of nitrogens with two attached hydrogens (primary N) is 1. The third-order valence-electron chi connectivity index (χ3n) is 2.99. The Morgan fingerprint density at radius 2 is 2.00 bits per heavy atom. The van der Waals surface area contributed by atoms with Crippen molar-refractivity contribution in [3.63, 3.8) is 0 Å². The summed E-state index contributed by atoms with van der Waals surface area (Å²) in [6, 6.07) is 7.89. The van der Waals surface area contributed by atoms with Gasteiger partial charge < -0.3 is 10.5 Å². The van der Waals surface area contributed by atoms with Gasteiger partial charge in [0, 0.05) is 13.1 Å². The molecular formula is C15H22N2O2S. The first-order valence-electron chi connectivity index (χ1n) is 6.71. The minimum absolute atomic E-state index is 0.228. The molecule has 1 aromatic carbocycles. The van der Waals surface area contributed by atoms with Crippen LogP contribution in [0.1, 0.15) is 24.5 Å². The molecule has 0 heterocycles. The van der Waals surface area contributed by atoms with Gasteiger partial charge in [-0.15, -0.1) is 0 Å². The first-order valence-corrected chi connectivity index (χ1v) is 7.11. The predicted octanol–water partition coefficient (Wildman–Crippen LogP) is 1.90. The second-order valence-corrected chi connectivity index (χ2v) is 5.22. The van der Waals surface area contributed by atoms with Crippen LogP contribution in [0.5, 0.6) is 0 Å². The second kappa shape index (κ2) is 8.66. The molecule has 0 aliphatic rings. The Bertz CT molecular complexity index is 463. The predicted molar refractivity (Wildman–Crippen MR) is 84.5 cm³/mol. The maximum Gasteiger partial charge on any atom is 0.309 e. The molecule has 0 aromatic heterocycles. The molecule has 0 saturated heterocycles. The third-order valence-corrected chi connectivity index (χ3v) is 3.12. The van der Waals surface area contributed by atoms with Crippen LogP contribution < -0.4 is 5.73 Å². The van der Waals surface area contributed by atoms with E-state index in [9.17, 15) is 4.79 Å². The Morgan fingerprint density at radius 1 is 1.35 bits per heavy atom. The molecule has 0 radical (unpaired) electrons. The van der Waals surface area contributed by atoms with Gasteiger partial charge in [0.15, 0.2) is 0 Å². The zero-order chi connectivity index (χ0) is 15.0. The zero-order valence-electron chi connectivity index (χ0n) is 12.1. The fourth-order valence-electron chi connectivity index (χ4n) is 2.10. The molecule has 0 atom stereocenters.